The Morgan fingerprint density at radius 3 is 2.55 bits per heavy atom. The molecular weight excluding hydrogens is 533 g/mol. The van der Waals surface area contributed by atoms with E-state index in [0.29, 0.717) is 39.8 Å². The summed E-state index contributed by atoms with van der Waals surface area (Å²) in [6, 6.07) is 9.24. The molecule has 0 radical (unpaired) electrons. The molecule has 2 aromatic carbocycles. The van der Waals surface area contributed by atoms with Crippen LogP contribution < -0.4 is 20.1 Å². The first-order valence-electron chi connectivity index (χ1n) is 14.4. The van der Waals surface area contributed by atoms with E-state index in [1.807, 2.05) is 30.1 Å². The molecule has 8 nitrogen and oxygen atoms in total. The topological polar surface area (TPSA) is 88.6 Å². The Labute approximate surface area is 246 Å². The maximum absolute atomic E-state index is 14.9. The summed E-state index contributed by atoms with van der Waals surface area (Å²) in [6.07, 6.45) is 15.0. The Morgan fingerprint density at radius 2 is 1.86 bits per heavy atom. The molecule has 0 bridgehead atoms. The van der Waals surface area contributed by atoms with Gasteiger partial charge in [-0.3, -0.25) is 9.69 Å². The SMILES string of the molecule is COc1cc2ncnc(Nc3cc(/C(C)=C/C=C\C4CCC4)ccc3OC)c2cc1NC(=O)/C(F)=C\[C@@H]1CCCN1C. The largest absolute Gasteiger partial charge is 0.495 e. The van der Waals surface area contributed by atoms with Gasteiger partial charge in [-0.25, -0.2) is 14.4 Å². The number of aromatic nitrogens is 2. The number of halogens is 1. The quantitative estimate of drug-likeness (QED) is 0.199. The van der Waals surface area contributed by atoms with Gasteiger partial charge in [0.05, 0.1) is 31.1 Å². The van der Waals surface area contributed by atoms with E-state index in [1.165, 1.54) is 38.8 Å². The molecule has 3 aromatic rings. The fraction of sp³-hybridized carbons (Fsp3) is 0.364. The van der Waals surface area contributed by atoms with Crippen LogP contribution in [0.2, 0.25) is 0 Å². The van der Waals surface area contributed by atoms with Crippen LogP contribution in [0.3, 0.4) is 0 Å². The van der Waals surface area contributed by atoms with Crippen molar-refractivity contribution in [3.05, 3.63) is 72.4 Å². The van der Waals surface area contributed by atoms with E-state index in [1.54, 1.807) is 19.2 Å². The summed E-state index contributed by atoms with van der Waals surface area (Å²) >= 11 is 0. The van der Waals surface area contributed by atoms with Crippen molar-refractivity contribution < 1.29 is 18.7 Å². The van der Waals surface area contributed by atoms with Gasteiger partial charge in [0, 0.05) is 17.5 Å². The smallest absolute Gasteiger partial charge is 0.284 e. The summed E-state index contributed by atoms with van der Waals surface area (Å²) in [5.41, 5.74) is 3.80. The van der Waals surface area contributed by atoms with Gasteiger partial charge in [-0.2, -0.15) is 0 Å². The Balaban J connectivity index is 1.43. The second-order valence-corrected chi connectivity index (χ2v) is 10.9. The average Bonchev–Trinajstić information content (AvgIpc) is 3.37. The predicted molar refractivity (Wildman–Crippen MR) is 166 cm³/mol. The summed E-state index contributed by atoms with van der Waals surface area (Å²) in [6.45, 7) is 2.96. The number of carbonyl (C=O) groups is 1. The van der Waals surface area contributed by atoms with E-state index >= 15 is 0 Å². The van der Waals surface area contributed by atoms with E-state index in [4.69, 9.17) is 9.47 Å². The first kappa shape index (κ1) is 29.3. The number of benzene rings is 2. The van der Waals surface area contributed by atoms with Crippen molar-refractivity contribution in [3.63, 3.8) is 0 Å². The number of hydrogen-bond donors (Lipinski definition) is 2. The number of likely N-dealkylation sites (tertiary alicyclic amines) is 1. The molecule has 2 N–H and O–H groups in total. The molecule has 1 saturated heterocycles. The van der Waals surface area contributed by atoms with Gasteiger partial charge in [0.25, 0.3) is 5.91 Å². The predicted octanol–water partition coefficient (Wildman–Crippen LogP) is 7.04. The highest BCUT2D eigenvalue weighted by atomic mass is 19.1. The summed E-state index contributed by atoms with van der Waals surface area (Å²) in [5.74, 6) is 0.552. The zero-order valence-corrected chi connectivity index (χ0v) is 24.6. The molecule has 9 heteroatoms. The zero-order valence-electron chi connectivity index (χ0n) is 24.6. The van der Waals surface area contributed by atoms with Crippen LogP contribution in [-0.4, -0.2) is 54.6 Å². The number of rotatable bonds is 10. The van der Waals surface area contributed by atoms with Gasteiger partial charge in [-0.1, -0.05) is 30.7 Å². The molecule has 0 spiro atoms. The molecule has 220 valence electrons. The van der Waals surface area contributed by atoms with Gasteiger partial charge in [-0.15, -0.1) is 0 Å². The number of nitrogens with one attached hydrogen (secondary N) is 2. The van der Waals surface area contributed by atoms with Crippen molar-refractivity contribution >= 4 is 39.6 Å². The van der Waals surface area contributed by atoms with Gasteiger partial charge in [-0.05, 0) is 87.5 Å². The molecule has 42 heavy (non-hydrogen) atoms. The zero-order chi connectivity index (χ0) is 29.6. The van der Waals surface area contributed by atoms with Crippen LogP contribution in [0.15, 0.2) is 66.8 Å². The number of methoxy groups -OCH3 is 2. The van der Waals surface area contributed by atoms with Crippen LogP contribution in [-0.2, 0) is 4.79 Å². The number of carbonyl (C=O) groups excluding carboxylic acids is 1. The number of anilines is 3. The van der Waals surface area contributed by atoms with Crippen molar-refractivity contribution in [2.45, 2.75) is 45.1 Å². The number of amides is 1. The molecule has 1 aliphatic carbocycles. The minimum absolute atomic E-state index is 0.0959. The number of hydrogen-bond acceptors (Lipinski definition) is 7. The molecule has 1 atom stereocenters. The van der Waals surface area contributed by atoms with Gasteiger partial charge < -0.3 is 20.1 Å². The van der Waals surface area contributed by atoms with Crippen molar-refractivity contribution in [3.8, 4) is 11.5 Å². The standard InChI is InChI=1S/C33H38FN5O3/c1-21(8-5-9-22-10-6-11-22)23-13-14-30(41-3)28(16-23)37-32-25-18-29(31(42-4)19-27(25)35-20-36-32)38-33(40)26(34)17-24-12-7-15-39(24)2/h5,8-9,13-14,16-20,22,24H,6-7,10-12,15H2,1-4H3,(H,38,40)(H,35,36,37)/b9-5-,21-8+,26-17+/t24-/m0/s1. The minimum atomic E-state index is -0.831. The van der Waals surface area contributed by atoms with Gasteiger partial charge in [0.1, 0.15) is 23.6 Å². The number of likely N-dealkylation sites (N-methyl/N-ethyl adjacent to an activating group) is 1. The number of fused-ring (bicyclic) bond motifs is 1. The maximum Gasteiger partial charge on any atom is 0.284 e. The lowest BCUT2D eigenvalue weighted by atomic mass is 9.85. The summed E-state index contributed by atoms with van der Waals surface area (Å²) < 4.78 is 26.0. The van der Waals surface area contributed by atoms with Gasteiger partial charge >= 0.3 is 0 Å². The Morgan fingerprint density at radius 1 is 1.05 bits per heavy atom. The van der Waals surface area contributed by atoms with Crippen molar-refractivity contribution in [2.24, 2.45) is 5.92 Å². The van der Waals surface area contributed by atoms with Gasteiger partial charge in [0.15, 0.2) is 5.83 Å². The monoisotopic (exact) mass is 571 g/mol. The second-order valence-electron chi connectivity index (χ2n) is 10.9. The van der Waals surface area contributed by atoms with Crippen molar-refractivity contribution in [2.75, 3.05) is 38.4 Å². The van der Waals surface area contributed by atoms with Crippen LogP contribution in [0.4, 0.5) is 21.6 Å². The van der Waals surface area contributed by atoms with E-state index in [0.717, 1.165) is 36.2 Å². The third-order valence-corrected chi connectivity index (χ3v) is 8.12. The van der Waals surface area contributed by atoms with Crippen LogP contribution in [0, 0.1) is 5.92 Å². The fourth-order valence-electron chi connectivity index (χ4n) is 5.29. The Hall–Kier alpha value is -4.24. The normalized spacial score (nSPS) is 18.4. The Bertz CT molecular complexity index is 1550. The number of allylic oxidation sites excluding steroid dienone is 4. The average molecular weight is 572 g/mol. The highest BCUT2D eigenvalue weighted by molar-refractivity contribution is 6.05. The van der Waals surface area contributed by atoms with Crippen molar-refractivity contribution in [1.82, 2.24) is 14.9 Å². The third kappa shape index (κ3) is 6.62. The lowest BCUT2D eigenvalue weighted by Crippen LogP contribution is -2.24. The van der Waals surface area contributed by atoms with E-state index in [2.05, 4.69) is 45.8 Å². The molecule has 1 aromatic heterocycles. The molecule has 2 fully saturated rings. The van der Waals surface area contributed by atoms with E-state index < -0.39 is 11.7 Å². The molecule has 1 amide bonds. The van der Waals surface area contributed by atoms with Gasteiger partial charge in [0.2, 0.25) is 0 Å². The number of nitrogens with zero attached hydrogens (tertiary/aromatic N) is 3. The van der Waals surface area contributed by atoms with Crippen molar-refractivity contribution in [1.29, 1.82) is 0 Å². The van der Waals surface area contributed by atoms with Crippen LogP contribution in [0.5, 0.6) is 11.5 Å². The first-order chi connectivity index (χ1) is 20.4. The van der Waals surface area contributed by atoms with E-state index in [-0.39, 0.29) is 6.04 Å². The molecule has 2 aliphatic rings. The minimum Gasteiger partial charge on any atom is -0.495 e. The Kier molecular flexibility index (Phi) is 9.17. The maximum atomic E-state index is 14.9. The highest BCUT2D eigenvalue weighted by Gasteiger charge is 2.22. The first-order valence-corrected chi connectivity index (χ1v) is 14.4. The van der Waals surface area contributed by atoms with Crippen LogP contribution in [0.25, 0.3) is 16.5 Å². The summed E-state index contributed by atoms with van der Waals surface area (Å²) in [7, 11) is 5.03. The fourth-order valence-corrected chi connectivity index (χ4v) is 5.29. The lowest BCUT2D eigenvalue weighted by molar-refractivity contribution is -0.114. The molecule has 0 unspecified atom stereocenters. The molecule has 1 saturated carbocycles. The van der Waals surface area contributed by atoms with E-state index in [9.17, 15) is 9.18 Å². The van der Waals surface area contributed by atoms with Crippen LogP contribution in [0.1, 0.15) is 44.6 Å². The highest BCUT2D eigenvalue weighted by Crippen LogP contribution is 2.36. The summed E-state index contributed by atoms with van der Waals surface area (Å²) in [4.78, 5) is 23.7. The molecular formula is C33H38FN5O3. The molecule has 5 rings (SSSR count). The molecule has 2 heterocycles. The molecule has 1 aliphatic heterocycles. The third-order valence-electron chi connectivity index (χ3n) is 8.12. The second kappa shape index (κ2) is 13.2. The van der Waals surface area contributed by atoms with Crippen LogP contribution >= 0.6 is 0 Å². The number of ether oxygens (including phenoxy) is 2. The lowest BCUT2D eigenvalue weighted by Gasteiger charge is -2.20. The summed E-state index contributed by atoms with van der Waals surface area (Å²) in [5, 5.41) is 6.67.